The molecule has 2 aromatic heterocycles. The van der Waals surface area contributed by atoms with Crippen molar-refractivity contribution in [3.63, 3.8) is 0 Å². The van der Waals surface area contributed by atoms with E-state index in [-0.39, 0.29) is 40.3 Å². The van der Waals surface area contributed by atoms with Crippen molar-refractivity contribution in [2.75, 3.05) is 24.3 Å². The molecule has 3 aromatic rings. The second-order valence-corrected chi connectivity index (χ2v) is 8.73. The Morgan fingerprint density at radius 2 is 1.73 bits per heavy atom. The first kappa shape index (κ1) is 24.5. The van der Waals surface area contributed by atoms with Gasteiger partial charge in [0, 0.05) is 12.6 Å². The summed E-state index contributed by atoms with van der Waals surface area (Å²) in [5.41, 5.74) is 1.50. The van der Waals surface area contributed by atoms with E-state index in [0.717, 1.165) is 16.9 Å². The van der Waals surface area contributed by atoms with Gasteiger partial charge in [0.1, 0.15) is 9.88 Å². The molecule has 0 aliphatic heterocycles. The molecule has 2 heterocycles. The smallest absolute Gasteiger partial charge is 0.348 e. The standard InChI is InChI=1S/C22H24N4O5S2/c1-5-30-20(28)16-13(3)17(21(29)31-6-2)33-19(16)23-15(27)12-32-22-25-24-18(26(22)4)14-10-8-7-9-11-14/h7-11H,5-6,12H2,1-4H3,(H,23,27). The van der Waals surface area contributed by atoms with Gasteiger partial charge >= 0.3 is 11.9 Å². The van der Waals surface area contributed by atoms with Gasteiger partial charge in [-0.1, -0.05) is 42.1 Å². The lowest BCUT2D eigenvalue weighted by Crippen LogP contribution is -2.16. The number of esters is 2. The molecule has 3 rings (SSSR count). The molecule has 174 valence electrons. The normalized spacial score (nSPS) is 10.7. The van der Waals surface area contributed by atoms with E-state index in [9.17, 15) is 14.4 Å². The monoisotopic (exact) mass is 488 g/mol. The molecule has 11 heteroatoms. The van der Waals surface area contributed by atoms with Gasteiger partial charge in [0.2, 0.25) is 5.91 Å². The molecule has 0 radical (unpaired) electrons. The van der Waals surface area contributed by atoms with Gasteiger partial charge in [-0.3, -0.25) is 4.79 Å². The number of amides is 1. The number of anilines is 1. The fourth-order valence-corrected chi connectivity index (χ4v) is 4.83. The maximum Gasteiger partial charge on any atom is 0.348 e. The number of rotatable bonds is 9. The van der Waals surface area contributed by atoms with Crippen molar-refractivity contribution in [3.8, 4) is 11.4 Å². The largest absolute Gasteiger partial charge is 0.462 e. The zero-order valence-electron chi connectivity index (χ0n) is 18.7. The molecule has 0 saturated carbocycles. The minimum Gasteiger partial charge on any atom is -0.462 e. The first-order valence-electron chi connectivity index (χ1n) is 10.2. The number of hydrogen-bond acceptors (Lipinski definition) is 9. The SMILES string of the molecule is CCOC(=O)c1sc(NC(=O)CSc2nnc(-c3ccccc3)n2C)c(C(=O)OCC)c1C. The fourth-order valence-electron chi connectivity index (χ4n) is 3.01. The highest BCUT2D eigenvalue weighted by molar-refractivity contribution is 7.99. The predicted molar refractivity (Wildman–Crippen MR) is 127 cm³/mol. The molecule has 0 unspecified atom stereocenters. The molecule has 0 spiro atoms. The van der Waals surface area contributed by atoms with E-state index >= 15 is 0 Å². The van der Waals surface area contributed by atoms with Crippen LogP contribution in [0.5, 0.6) is 0 Å². The maximum absolute atomic E-state index is 12.7. The molecule has 0 bridgehead atoms. The number of hydrogen-bond donors (Lipinski definition) is 1. The van der Waals surface area contributed by atoms with E-state index < -0.39 is 11.9 Å². The number of thiophene rings is 1. The van der Waals surface area contributed by atoms with Gasteiger partial charge in [-0.15, -0.1) is 21.5 Å². The number of nitrogens with zero attached hydrogens (tertiary/aromatic N) is 3. The first-order valence-corrected chi connectivity index (χ1v) is 12.0. The Morgan fingerprint density at radius 1 is 1.06 bits per heavy atom. The lowest BCUT2D eigenvalue weighted by atomic mass is 10.1. The summed E-state index contributed by atoms with van der Waals surface area (Å²) in [5.74, 6) is -0.782. The lowest BCUT2D eigenvalue weighted by molar-refractivity contribution is -0.113. The minimum atomic E-state index is -0.606. The van der Waals surface area contributed by atoms with Crippen LogP contribution in [-0.2, 0) is 21.3 Å². The maximum atomic E-state index is 12.7. The number of benzene rings is 1. The van der Waals surface area contributed by atoms with E-state index in [4.69, 9.17) is 9.47 Å². The first-order chi connectivity index (χ1) is 15.9. The lowest BCUT2D eigenvalue weighted by Gasteiger charge is -2.07. The Kier molecular flexibility index (Phi) is 8.23. The van der Waals surface area contributed by atoms with Gasteiger partial charge in [-0.25, -0.2) is 9.59 Å². The molecule has 33 heavy (non-hydrogen) atoms. The summed E-state index contributed by atoms with van der Waals surface area (Å²) in [6.45, 7) is 5.38. The van der Waals surface area contributed by atoms with Gasteiger partial charge in [0.15, 0.2) is 11.0 Å². The predicted octanol–water partition coefficient (Wildman–Crippen LogP) is 3.94. The summed E-state index contributed by atoms with van der Waals surface area (Å²) in [6.07, 6.45) is 0. The third kappa shape index (κ3) is 5.60. The van der Waals surface area contributed by atoms with Gasteiger partial charge in [-0.05, 0) is 26.3 Å². The number of nitrogens with one attached hydrogen (secondary N) is 1. The summed E-state index contributed by atoms with van der Waals surface area (Å²) in [7, 11) is 1.83. The van der Waals surface area contributed by atoms with Crippen molar-refractivity contribution in [3.05, 3.63) is 46.3 Å². The fraction of sp³-hybridized carbons (Fsp3) is 0.318. The van der Waals surface area contributed by atoms with Crippen LogP contribution in [-0.4, -0.2) is 51.6 Å². The van der Waals surface area contributed by atoms with Crippen LogP contribution in [0.4, 0.5) is 5.00 Å². The summed E-state index contributed by atoms with van der Waals surface area (Å²) in [4.78, 5) is 37.7. The van der Waals surface area contributed by atoms with E-state index in [1.165, 1.54) is 11.8 Å². The van der Waals surface area contributed by atoms with Crippen LogP contribution >= 0.6 is 23.1 Å². The summed E-state index contributed by atoms with van der Waals surface area (Å²) < 4.78 is 12.0. The number of aromatic nitrogens is 3. The number of ether oxygens (including phenoxy) is 2. The van der Waals surface area contributed by atoms with Crippen molar-refractivity contribution in [2.45, 2.75) is 25.9 Å². The molecule has 0 atom stereocenters. The van der Waals surface area contributed by atoms with E-state index in [2.05, 4.69) is 15.5 Å². The molecule has 1 aromatic carbocycles. The van der Waals surface area contributed by atoms with E-state index in [0.29, 0.717) is 16.5 Å². The third-order valence-electron chi connectivity index (χ3n) is 4.54. The van der Waals surface area contributed by atoms with Crippen molar-refractivity contribution in [1.29, 1.82) is 0 Å². The van der Waals surface area contributed by atoms with E-state index in [1.54, 1.807) is 20.8 Å². The average molecular weight is 489 g/mol. The molecule has 0 aliphatic rings. The molecular formula is C22H24N4O5S2. The highest BCUT2D eigenvalue weighted by Crippen LogP contribution is 2.34. The molecule has 1 amide bonds. The summed E-state index contributed by atoms with van der Waals surface area (Å²) in [6, 6.07) is 9.62. The van der Waals surface area contributed by atoms with Crippen molar-refractivity contribution < 1.29 is 23.9 Å². The van der Waals surface area contributed by atoms with Crippen molar-refractivity contribution >= 4 is 45.9 Å². The molecule has 0 aliphatic carbocycles. The Bertz CT molecular complexity index is 1160. The molecule has 0 fully saturated rings. The summed E-state index contributed by atoms with van der Waals surface area (Å²) in [5, 5.41) is 11.9. The zero-order chi connectivity index (χ0) is 24.0. The second kappa shape index (κ2) is 11.1. The number of carbonyl (C=O) groups is 3. The molecule has 0 saturated heterocycles. The topological polar surface area (TPSA) is 112 Å². The van der Waals surface area contributed by atoms with Crippen LogP contribution < -0.4 is 5.32 Å². The van der Waals surface area contributed by atoms with Gasteiger partial charge < -0.3 is 19.4 Å². The van der Waals surface area contributed by atoms with Gasteiger partial charge in [0.25, 0.3) is 0 Å². The number of thioether (sulfide) groups is 1. The Labute approximate surface area is 199 Å². The highest BCUT2D eigenvalue weighted by Gasteiger charge is 2.27. The zero-order valence-corrected chi connectivity index (χ0v) is 20.3. The average Bonchev–Trinajstić information content (AvgIpc) is 3.32. The molecule has 1 N–H and O–H groups in total. The second-order valence-electron chi connectivity index (χ2n) is 6.77. The van der Waals surface area contributed by atoms with Gasteiger partial charge in [0.05, 0.1) is 24.5 Å². The Hall–Kier alpha value is -3.18. The summed E-state index contributed by atoms with van der Waals surface area (Å²) >= 11 is 2.21. The molecular weight excluding hydrogens is 464 g/mol. The molecule has 9 nitrogen and oxygen atoms in total. The van der Waals surface area contributed by atoms with E-state index in [1.807, 2.05) is 41.9 Å². The quantitative estimate of drug-likeness (QED) is 0.356. The number of carbonyl (C=O) groups excluding carboxylic acids is 3. The minimum absolute atomic E-state index is 0.0364. The van der Waals surface area contributed by atoms with Crippen LogP contribution in [0.25, 0.3) is 11.4 Å². The Morgan fingerprint density at radius 3 is 2.39 bits per heavy atom. The Balaban J connectivity index is 1.75. The third-order valence-corrected chi connectivity index (χ3v) is 6.75. The van der Waals surface area contributed by atoms with Crippen LogP contribution in [0.1, 0.15) is 39.4 Å². The van der Waals surface area contributed by atoms with Crippen LogP contribution in [0.3, 0.4) is 0 Å². The van der Waals surface area contributed by atoms with Gasteiger partial charge in [-0.2, -0.15) is 0 Å². The van der Waals surface area contributed by atoms with Crippen molar-refractivity contribution in [2.24, 2.45) is 7.05 Å². The highest BCUT2D eigenvalue weighted by atomic mass is 32.2. The van der Waals surface area contributed by atoms with Crippen LogP contribution in [0, 0.1) is 6.92 Å². The van der Waals surface area contributed by atoms with Crippen LogP contribution in [0.15, 0.2) is 35.5 Å². The van der Waals surface area contributed by atoms with Crippen LogP contribution in [0.2, 0.25) is 0 Å². The van der Waals surface area contributed by atoms with Crippen molar-refractivity contribution in [1.82, 2.24) is 14.8 Å².